The standard InChI is InChI=1S/C19H19F3N2O2/c1-3-16-12-24(15-6-4-5-13(11-15)19(20,21)22)18(26-16)23-14-7-9-17(25-2)10-8-14/h4-11,16H,3,12H2,1-2H3. The van der Waals surface area contributed by atoms with Gasteiger partial charge in [-0.2, -0.15) is 18.2 Å². The molecule has 0 bridgehead atoms. The molecule has 1 unspecified atom stereocenters. The molecule has 0 aromatic heterocycles. The van der Waals surface area contributed by atoms with Crippen LogP contribution in [0.4, 0.5) is 24.5 Å². The number of amidine groups is 1. The lowest BCUT2D eigenvalue weighted by Gasteiger charge is -2.17. The number of rotatable bonds is 4. The Morgan fingerprint density at radius 2 is 1.92 bits per heavy atom. The highest BCUT2D eigenvalue weighted by atomic mass is 19.4. The van der Waals surface area contributed by atoms with Crippen molar-refractivity contribution in [1.29, 1.82) is 0 Å². The van der Waals surface area contributed by atoms with Crippen LogP contribution in [0.1, 0.15) is 18.9 Å². The third-order valence-corrected chi connectivity index (χ3v) is 4.13. The molecule has 1 fully saturated rings. The minimum absolute atomic E-state index is 0.124. The first-order valence-corrected chi connectivity index (χ1v) is 8.25. The lowest BCUT2D eigenvalue weighted by Crippen LogP contribution is -2.26. The molecule has 0 N–H and O–H groups in total. The van der Waals surface area contributed by atoms with Crippen LogP contribution in [0.5, 0.6) is 5.75 Å². The van der Waals surface area contributed by atoms with E-state index in [2.05, 4.69) is 4.99 Å². The van der Waals surface area contributed by atoms with Gasteiger partial charge >= 0.3 is 6.18 Å². The molecule has 0 amide bonds. The predicted octanol–water partition coefficient (Wildman–Crippen LogP) is 5.02. The van der Waals surface area contributed by atoms with Crippen LogP contribution < -0.4 is 9.64 Å². The van der Waals surface area contributed by atoms with E-state index in [0.717, 1.165) is 18.6 Å². The molecule has 26 heavy (non-hydrogen) atoms. The highest BCUT2D eigenvalue weighted by Crippen LogP contribution is 2.33. The van der Waals surface area contributed by atoms with E-state index in [4.69, 9.17) is 9.47 Å². The summed E-state index contributed by atoms with van der Waals surface area (Å²) in [6.07, 6.45) is -3.79. The number of ether oxygens (including phenoxy) is 2. The van der Waals surface area contributed by atoms with Gasteiger partial charge < -0.3 is 9.47 Å². The maximum absolute atomic E-state index is 13.0. The number of anilines is 1. The summed E-state index contributed by atoms with van der Waals surface area (Å²) in [5.41, 5.74) is 0.344. The number of alkyl halides is 3. The van der Waals surface area contributed by atoms with E-state index in [0.29, 0.717) is 29.7 Å². The highest BCUT2D eigenvalue weighted by molar-refractivity contribution is 5.95. The summed E-state index contributed by atoms with van der Waals surface area (Å²) in [6, 6.07) is 12.5. The van der Waals surface area contributed by atoms with Crippen molar-refractivity contribution < 1.29 is 22.6 Å². The summed E-state index contributed by atoms with van der Waals surface area (Å²) in [4.78, 5) is 6.14. The minimum Gasteiger partial charge on any atom is -0.497 e. The number of benzene rings is 2. The molecule has 138 valence electrons. The van der Waals surface area contributed by atoms with Crippen molar-refractivity contribution in [2.24, 2.45) is 4.99 Å². The Morgan fingerprint density at radius 3 is 2.54 bits per heavy atom. The smallest absolute Gasteiger partial charge is 0.416 e. The number of nitrogens with zero attached hydrogens (tertiary/aromatic N) is 2. The van der Waals surface area contributed by atoms with Gasteiger partial charge in [0.15, 0.2) is 0 Å². The van der Waals surface area contributed by atoms with Gasteiger partial charge in [0.25, 0.3) is 6.02 Å². The number of hydrogen-bond donors (Lipinski definition) is 0. The third kappa shape index (κ3) is 3.92. The van der Waals surface area contributed by atoms with E-state index in [9.17, 15) is 13.2 Å². The lowest BCUT2D eigenvalue weighted by atomic mass is 10.1. The Bertz CT molecular complexity index is 788. The summed E-state index contributed by atoms with van der Waals surface area (Å²) < 4.78 is 50.0. The number of methoxy groups -OCH3 is 1. The molecular weight excluding hydrogens is 345 g/mol. The molecule has 4 nitrogen and oxygen atoms in total. The predicted molar refractivity (Wildman–Crippen MR) is 94.0 cm³/mol. The van der Waals surface area contributed by atoms with Gasteiger partial charge in [-0.25, -0.2) is 0 Å². The first kappa shape index (κ1) is 18.1. The van der Waals surface area contributed by atoms with E-state index in [1.807, 2.05) is 6.92 Å². The largest absolute Gasteiger partial charge is 0.497 e. The molecule has 1 aliphatic heterocycles. The van der Waals surface area contributed by atoms with E-state index >= 15 is 0 Å². The van der Waals surface area contributed by atoms with Gasteiger partial charge in [-0.1, -0.05) is 13.0 Å². The van der Waals surface area contributed by atoms with Crippen molar-refractivity contribution in [1.82, 2.24) is 0 Å². The van der Waals surface area contributed by atoms with Crippen LogP contribution in [0, 0.1) is 0 Å². The van der Waals surface area contributed by atoms with Crippen LogP contribution in [-0.4, -0.2) is 25.8 Å². The van der Waals surface area contributed by atoms with Gasteiger partial charge in [0.2, 0.25) is 0 Å². The lowest BCUT2D eigenvalue weighted by molar-refractivity contribution is -0.137. The Morgan fingerprint density at radius 1 is 1.19 bits per heavy atom. The average molecular weight is 364 g/mol. The molecule has 2 aromatic rings. The zero-order chi connectivity index (χ0) is 18.7. The molecule has 0 spiro atoms. The topological polar surface area (TPSA) is 34.1 Å². The molecule has 1 aliphatic rings. The molecule has 7 heteroatoms. The molecule has 2 aromatic carbocycles. The Balaban J connectivity index is 1.94. The summed E-state index contributed by atoms with van der Waals surface area (Å²) in [5.74, 6) is 0.697. The van der Waals surface area contributed by atoms with Crippen molar-refractivity contribution in [3.05, 3.63) is 54.1 Å². The van der Waals surface area contributed by atoms with Crippen molar-refractivity contribution in [3.8, 4) is 5.75 Å². The van der Waals surface area contributed by atoms with Crippen molar-refractivity contribution >= 4 is 17.4 Å². The first-order valence-electron chi connectivity index (χ1n) is 8.25. The number of aliphatic imine (C=N–C) groups is 1. The number of hydrogen-bond acceptors (Lipinski definition) is 3. The summed E-state index contributed by atoms with van der Waals surface area (Å²) in [6.45, 7) is 2.41. The average Bonchev–Trinajstić information content (AvgIpc) is 3.05. The maximum Gasteiger partial charge on any atom is 0.416 e. The minimum atomic E-state index is -4.39. The zero-order valence-corrected chi connectivity index (χ0v) is 14.5. The monoisotopic (exact) mass is 364 g/mol. The Hall–Kier alpha value is -2.70. The molecular formula is C19H19F3N2O2. The van der Waals surface area contributed by atoms with Gasteiger partial charge in [-0.05, 0) is 48.9 Å². The van der Waals surface area contributed by atoms with Crippen LogP contribution >= 0.6 is 0 Å². The van der Waals surface area contributed by atoms with Crippen molar-refractivity contribution in [3.63, 3.8) is 0 Å². The first-order chi connectivity index (χ1) is 12.4. The number of halogens is 3. The van der Waals surface area contributed by atoms with E-state index in [-0.39, 0.29) is 6.10 Å². The second-order valence-corrected chi connectivity index (χ2v) is 5.90. The molecule has 0 saturated carbocycles. The second-order valence-electron chi connectivity index (χ2n) is 5.90. The summed E-state index contributed by atoms with van der Waals surface area (Å²) in [7, 11) is 1.57. The SMILES string of the molecule is CCC1CN(c2cccc(C(F)(F)F)c2)C(=Nc2ccc(OC)cc2)O1. The van der Waals surface area contributed by atoms with Gasteiger partial charge in [-0.15, -0.1) is 0 Å². The summed E-state index contributed by atoms with van der Waals surface area (Å²) in [5, 5.41) is 0. The Kier molecular flexibility index (Phi) is 5.06. The third-order valence-electron chi connectivity index (χ3n) is 4.13. The molecule has 1 heterocycles. The van der Waals surface area contributed by atoms with E-state index in [1.54, 1.807) is 42.3 Å². The maximum atomic E-state index is 13.0. The Labute approximate surface area is 149 Å². The highest BCUT2D eigenvalue weighted by Gasteiger charge is 2.34. The molecule has 3 rings (SSSR count). The second kappa shape index (κ2) is 7.27. The van der Waals surface area contributed by atoms with Crippen molar-refractivity contribution in [2.75, 3.05) is 18.6 Å². The van der Waals surface area contributed by atoms with E-state index < -0.39 is 11.7 Å². The zero-order valence-electron chi connectivity index (χ0n) is 14.5. The fourth-order valence-corrected chi connectivity index (χ4v) is 2.66. The van der Waals surface area contributed by atoms with Crippen LogP contribution in [0.2, 0.25) is 0 Å². The van der Waals surface area contributed by atoms with Crippen molar-refractivity contribution in [2.45, 2.75) is 25.6 Å². The molecule has 0 aliphatic carbocycles. The normalized spacial score (nSPS) is 18.9. The van der Waals surface area contributed by atoms with Crippen LogP contribution in [0.25, 0.3) is 0 Å². The molecule has 1 atom stereocenters. The quantitative estimate of drug-likeness (QED) is 0.764. The fraction of sp³-hybridized carbons (Fsp3) is 0.316. The van der Waals surface area contributed by atoms with Gasteiger partial charge in [0.1, 0.15) is 11.9 Å². The van der Waals surface area contributed by atoms with Gasteiger partial charge in [-0.3, -0.25) is 4.90 Å². The van der Waals surface area contributed by atoms with E-state index in [1.165, 1.54) is 6.07 Å². The molecule has 0 radical (unpaired) electrons. The van der Waals surface area contributed by atoms with Gasteiger partial charge in [0.05, 0.1) is 24.9 Å². The van der Waals surface area contributed by atoms with Crippen LogP contribution in [0.3, 0.4) is 0 Å². The van der Waals surface area contributed by atoms with Crippen LogP contribution in [0.15, 0.2) is 53.5 Å². The summed E-state index contributed by atoms with van der Waals surface area (Å²) >= 11 is 0. The molecule has 1 saturated heterocycles. The van der Waals surface area contributed by atoms with Crippen LogP contribution in [-0.2, 0) is 10.9 Å². The fourth-order valence-electron chi connectivity index (χ4n) is 2.66. The van der Waals surface area contributed by atoms with Gasteiger partial charge in [0, 0.05) is 5.69 Å².